The molecule has 2 N–H and O–H groups in total. The molecule has 0 saturated heterocycles. The minimum absolute atomic E-state index is 0.0718. The summed E-state index contributed by atoms with van der Waals surface area (Å²) >= 11 is 1.12. The number of nitrogens with zero attached hydrogens (tertiary/aromatic N) is 2. The number of benzene rings is 2. The van der Waals surface area contributed by atoms with Gasteiger partial charge in [-0.05, 0) is 31.5 Å². The predicted octanol–water partition coefficient (Wildman–Crippen LogP) is 4.37. The van der Waals surface area contributed by atoms with E-state index in [2.05, 4.69) is 15.6 Å². The highest BCUT2D eigenvalue weighted by molar-refractivity contribution is 7.17. The van der Waals surface area contributed by atoms with Crippen LogP contribution in [0.3, 0.4) is 0 Å². The summed E-state index contributed by atoms with van der Waals surface area (Å²) in [5.74, 6) is -0.673. The van der Waals surface area contributed by atoms with Gasteiger partial charge in [0.1, 0.15) is 4.88 Å². The molecule has 0 aliphatic rings. The second-order valence-electron chi connectivity index (χ2n) is 7.09. The van der Waals surface area contributed by atoms with Crippen LogP contribution in [0.1, 0.15) is 34.3 Å². The van der Waals surface area contributed by atoms with Crippen molar-refractivity contribution in [1.29, 1.82) is 0 Å². The molecule has 0 spiro atoms. The van der Waals surface area contributed by atoms with Crippen LogP contribution in [-0.4, -0.2) is 36.0 Å². The molecule has 3 amide bonds. The number of carbonyl (C=O) groups excluding carboxylic acids is 3. The zero-order valence-corrected chi connectivity index (χ0v) is 19.4. The Bertz CT molecular complexity index is 1090. The van der Waals surface area contributed by atoms with Crippen LogP contribution in [0.5, 0.6) is 0 Å². The van der Waals surface area contributed by atoms with Gasteiger partial charge in [-0.25, -0.2) is 14.6 Å². The van der Waals surface area contributed by atoms with Crippen molar-refractivity contribution < 1.29 is 19.1 Å². The first-order valence-corrected chi connectivity index (χ1v) is 11.4. The number of hydrogen-bond acceptors (Lipinski definition) is 6. The van der Waals surface area contributed by atoms with E-state index in [1.165, 1.54) is 4.90 Å². The third kappa shape index (κ3) is 6.88. The van der Waals surface area contributed by atoms with Crippen molar-refractivity contribution in [2.24, 2.45) is 0 Å². The number of anilines is 2. The maximum atomic E-state index is 13.1. The van der Waals surface area contributed by atoms with Gasteiger partial charge in [-0.3, -0.25) is 9.69 Å². The maximum Gasteiger partial charge on any atom is 0.350 e. The van der Waals surface area contributed by atoms with Crippen LogP contribution in [0.4, 0.5) is 15.6 Å². The van der Waals surface area contributed by atoms with Crippen LogP contribution in [0.25, 0.3) is 0 Å². The number of hydrogen-bond donors (Lipinski definition) is 2. The molecule has 0 aliphatic heterocycles. The largest absolute Gasteiger partial charge is 0.462 e. The standard InChI is InChI=1S/C24H26N4O4S/c1-3-32-22(30)21-17(2)26-24(33-21)28(16-18-10-6-4-7-11-18)20(29)14-15-25-23(31)27-19-12-8-5-9-13-19/h4-13H,3,14-16H2,1-2H3,(H2,25,27,31). The van der Waals surface area contributed by atoms with Gasteiger partial charge in [0.05, 0.1) is 18.8 Å². The summed E-state index contributed by atoms with van der Waals surface area (Å²) in [6.07, 6.45) is 0.0718. The summed E-state index contributed by atoms with van der Waals surface area (Å²) in [4.78, 5) is 43.8. The van der Waals surface area contributed by atoms with Gasteiger partial charge in [0.2, 0.25) is 5.91 Å². The van der Waals surface area contributed by atoms with Gasteiger partial charge in [0.25, 0.3) is 0 Å². The third-order valence-electron chi connectivity index (χ3n) is 4.62. The lowest BCUT2D eigenvalue weighted by atomic mass is 10.2. The highest BCUT2D eigenvalue weighted by Gasteiger charge is 2.24. The van der Waals surface area contributed by atoms with E-state index >= 15 is 0 Å². The summed E-state index contributed by atoms with van der Waals surface area (Å²) in [5.41, 5.74) is 2.10. The van der Waals surface area contributed by atoms with Crippen LogP contribution in [0, 0.1) is 6.92 Å². The van der Waals surface area contributed by atoms with E-state index in [1.54, 1.807) is 26.0 Å². The Hall–Kier alpha value is -3.72. The molecule has 0 unspecified atom stereocenters. The summed E-state index contributed by atoms with van der Waals surface area (Å²) in [7, 11) is 0. The van der Waals surface area contributed by atoms with Crippen molar-refractivity contribution in [2.75, 3.05) is 23.4 Å². The Morgan fingerprint density at radius 2 is 1.70 bits per heavy atom. The van der Waals surface area contributed by atoms with E-state index in [4.69, 9.17) is 4.74 Å². The molecule has 0 radical (unpaired) electrons. The highest BCUT2D eigenvalue weighted by Crippen LogP contribution is 2.28. The molecule has 0 atom stereocenters. The summed E-state index contributed by atoms with van der Waals surface area (Å²) < 4.78 is 5.09. The first-order valence-electron chi connectivity index (χ1n) is 10.6. The molecular weight excluding hydrogens is 440 g/mol. The smallest absolute Gasteiger partial charge is 0.350 e. The number of para-hydroxylation sites is 1. The molecule has 0 aliphatic carbocycles. The number of urea groups is 1. The third-order valence-corrected chi connectivity index (χ3v) is 5.78. The molecule has 0 fully saturated rings. The van der Waals surface area contributed by atoms with Crippen molar-refractivity contribution in [3.8, 4) is 0 Å². The normalized spacial score (nSPS) is 10.4. The Kier molecular flexibility index (Phi) is 8.54. The number of rotatable bonds is 9. The fourth-order valence-electron chi connectivity index (χ4n) is 3.03. The van der Waals surface area contributed by atoms with Gasteiger partial charge in [-0.2, -0.15) is 0 Å². The first kappa shape index (κ1) is 23.9. The fraction of sp³-hybridized carbons (Fsp3) is 0.250. The SMILES string of the molecule is CCOC(=O)c1sc(N(Cc2ccccc2)C(=O)CCNC(=O)Nc2ccccc2)nc1C. The summed E-state index contributed by atoms with van der Waals surface area (Å²) in [6, 6.07) is 18.2. The number of carbonyl (C=O) groups is 3. The van der Waals surface area contributed by atoms with Gasteiger partial charge >= 0.3 is 12.0 Å². The number of nitrogens with one attached hydrogen (secondary N) is 2. The topological polar surface area (TPSA) is 101 Å². The highest BCUT2D eigenvalue weighted by atomic mass is 32.1. The molecule has 2 aromatic carbocycles. The predicted molar refractivity (Wildman–Crippen MR) is 129 cm³/mol. The fourth-order valence-corrected chi connectivity index (χ4v) is 4.00. The lowest BCUT2D eigenvalue weighted by molar-refractivity contribution is -0.118. The molecule has 33 heavy (non-hydrogen) atoms. The van der Waals surface area contributed by atoms with Crippen LogP contribution in [0.15, 0.2) is 60.7 Å². The van der Waals surface area contributed by atoms with Crippen LogP contribution in [-0.2, 0) is 16.1 Å². The van der Waals surface area contributed by atoms with Crippen LogP contribution < -0.4 is 15.5 Å². The Morgan fingerprint density at radius 3 is 2.36 bits per heavy atom. The van der Waals surface area contributed by atoms with Gasteiger partial charge in [-0.1, -0.05) is 59.9 Å². The summed E-state index contributed by atoms with van der Waals surface area (Å²) in [5, 5.41) is 5.83. The van der Waals surface area contributed by atoms with Gasteiger partial charge < -0.3 is 15.4 Å². The van der Waals surface area contributed by atoms with Gasteiger partial charge in [0.15, 0.2) is 5.13 Å². The Morgan fingerprint density at radius 1 is 1.03 bits per heavy atom. The molecule has 1 aromatic heterocycles. The molecule has 1 heterocycles. The van der Waals surface area contributed by atoms with E-state index in [0.717, 1.165) is 16.9 Å². The lowest BCUT2D eigenvalue weighted by Crippen LogP contribution is -2.35. The first-order chi connectivity index (χ1) is 16.0. The van der Waals surface area contributed by atoms with Crippen molar-refractivity contribution in [2.45, 2.75) is 26.8 Å². The quantitative estimate of drug-likeness (QED) is 0.456. The average molecular weight is 467 g/mol. The monoisotopic (exact) mass is 466 g/mol. The number of amides is 3. The number of aryl methyl sites for hydroxylation is 1. The van der Waals surface area contributed by atoms with Crippen molar-refractivity contribution in [3.63, 3.8) is 0 Å². The Labute approximate surface area is 196 Å². The molecule has 9 heteroatoms. The second kappa shape index (κ2) is 11.8. The molecule has 0 saturated carbocycles. The molecule has 3 rings (SSSR count). The van der Waals surface area contributed by atoms with E-state index in [0.29, 0.717) is 27.9 Å². The van der Waals surface area contributed by atoms with E-state index in [9.17, 15) is 14.4 Å². The average Bonchev–Trinajstić information content (AvgIpc) is 3.20. The molecule has 3 aromatic rings. The van der Waals surface area contributed by atoms with Crippen LogP contribution >= 0.6 is 11.3 Å². The van der Waals surface area contributed by atoms with E-state index in [1.807, 2.05) is 48.5 Å². The van der Waals surface area contributed by atoms with Crippen molar-refractivity contribution in [3.05, 3.63) is 76.8 Å². The van der Waals surface area contributed by atoms with Crippen LogP contribution in [0.2, 0.25) is 0 Å². The molecule has 0 bridgehead atoms. The van der Waals surface area contributed by atoms with Gasteiger partial charge in [0, 0.05) is 18.7 Å². The van der Waals surface area contributed by atoms with Crippen molar-refractivity contribution in [1.82, 2.24) is 10.3 Å². The zero-order chi connectivity index (χ0) is 23.6. The lowest BCUT2D eigenvalue weighted by Gasteiger charge is -2.20. The molecule has 8 nitrogen and oxygen atoms in total. The number of aromatic nitrogens is 1. The summed E-state index contributed by atoms with van der Waals surface area (Å²) in [6.45, 7) is 4.16. The van der Waals surface area contributed by atoms with Gasteiger partial charge in [-0.15, -0.1) is 0 Å². The minimum atomic E-state index is -0.454. The van der Waals surface area contributed by atoms with E-state index in [-0.39, 0.29) is 25.5 Å². The minimum Gasteiger partial charge on any atom is -0.462 e. The maximum absolute atomic E-state index is 13.1. The molecular formula is C24H26N4O4S. The van der Waals surface area contributed by atoms with E-state index < -0.39 is 12.0 Å². The number of esters is 1. The zero-order valence-electron chi connectivity index (χ0n) is 18.5. The second-order valence-corrected chi connectivity index (χ2v) is 8.07. The van der Waals surface area contributed by atoms with Crippen molar-refractivity contribution >= 4 is 40.1 Å². The number of thiazole rings is 1. The Balaban J connectivity index is 1.69. The molecule has 172 valence electrons. The number of ether oxygens (including phenoxy) is 1.